The molecular formula is C30H28F3NO6. The quantitative estimate of drug-likeness (QED) is 0.242. The summed E-state index contributed by atoms with van der Waals surface area (Å²) in [5.74, 6) is -1.34. The smallest absolute Gasteiger partial charge is 0.416 e. The zero-order chi connectivity index (χ0) is 28.7. The van der Waals surface area contributed by atoms with Crippen LogP contribution in [-0.4, -0.2) is 42.9 Å². The molecule has 1 amide bonds. The van der Waals surface area contributed by atoms with Gasteiger partial charge in [-0.1, -0.05) is 54.6 Å². The first-order valence-electron chi connectivity index (χ1n) is 12.7. The van der Waals surface area contributed by atoms with E-state index in [0.717, 1.165) is 29.8 Å². The predicted molar refractivity (Wildman–Crippen MR) is 139 cm³/mol. The summed E-state index contributed by atoms with van der Waals surface area (Å²) in [5.41, 5.74) is 0.284. The number of carbonyl (C=O) groups is 3. The Hall–Kier alpha value is -4.34. The van der Waals surface area contributed by atoms with Gasteiger partial charge in [0, 0.05) is 24.2 Å². The first-order chi connectivity index (χ1) is 19.2. The highest BCUT2D eigenvalue weighted by atomic mass is 19.4. The fourth-order valence-corrected chi connectivity index (χ4v) is 4.35. The molecule has 1 aliphatic rings. The van der Waals surface area contributed by atoms with Crippen molar-refractivity contribution in [2.75, 3.05) is 20.2 Å². The van der Waals surface area contributed by atoms with Gasteiger partial charge in [0.05, 0.1) is 18.6 Å². The molecule has 0 aromatic heterocycles. The lowest BCUT2D eigenvalue weighted by atomic mass is 9.96. The van der Waals surface area contributed by atoms with Gasteiger partial charge in [-0.2, -0.15) is 13.2 Å². The Morgan fingerprint density at radius 2 is 1.52 bits per heavy atom. The van der Waals surface area contributed by atoms with Crippen molar-refractivity contribution in [1.82, 2.24) is 4.90 Å². The lowest BCUT2D eigenvalue weighted by Gasteiger charge is -2.31. The highest BCUT2D eigenvalue weighted by molar-refractivity contribution is 6.01. The maximum atomic E-state index is 13.4. The molecule has 1 heterocycles. The molecule has 1 saturated heterocycles. The van der Waals surface area contributed by atoms with Gasteiger partial charge in [0.15, 0.2) is 6.10 Å². The van der Waals surface area contributed by atoms with Crippen LogP contribution in [-0.2, 0) is 27.1 Å². The number of amides is 1. The number of carbonyl (C=O) groups excluding carboxylic acids is 3. The lowest BCUT2D eigenvalue weighted by Crippen LogP contribution is -2.41. The Kier molecular flexibility index (Phi) is 9.08. The van der Waals surface area contributed by atoms with Crippen molar-refractivity contribution in [3.63, 3.8) is 0 Å². The monoisotopic (exact) mass is 555 g/mol. The molecule has 10 heteroatoms. The maximum Gasteiger partial charge on any atom is 0.416 e. The summed E-state index contributed by atoms with van der Waals surface area (Å²) >= 11 is 0. The maximum absolute atomic E-state index is 13.4. The van der Waals surface area contributed by atoms with Crippen molar-refractivity contribution in [1.29, 1.82) is 0 Å². The van der Waals surface area contributed by atoms with E-state index < -0.39 is 41.6 Å². The zero-order valence-electron chi connectivity index (χ0n) is 21.7. The summed E-state index contributed by atoms with van der Waals surface area (Å²) < 4.78 is 55.2. The molecule has 0 bridgehead atoms. The molecule has 0 aliphatic carbocycles. The van der Waals surface area contributed by atoms with Gasteiger partial charge < -0.3 is 19.1 Å². The third-order valence-electron chi connectivity index (χ3n) is 6.68. The molecule has 3 aromatic carbocycles. The van der Waals surface area contributed by atoms with Crippen LogP contribution in [0.4, 0.5) is 18.0 Å². The molecule has 0 spiro atoms. The highest BCUT2D eigenvalue weighted by Crippen LogP contribution is 2.31. The standard InChI is InChI=1S/C30H28F3NO6/c1-38-25-13-9-22(10-14-25)27(26(35)21-7-11-24(12-8-21)30(31,32)33)40-28(36)23-15-17-34(18-16-23)29(37)39-19-20-5-3-2-4-6-20/h2-14,23,27H,15-19H2,1H3. The van der Waals surface area contributed by atoms with Crippen molar-refractivity contribution in [3.05, 3.63) is 101 Å². The first-order valence-corrected chi connectivity index (χ1v) is 12.7. The number of esters is 1. The van der Waals surface area contributed by atoms with E-state index in [4.69, 9.17) is 14.2 Å². The van der Waals surface area contributed by atoms with E-state index in [2.05, 4.69) is 0 Å². The Bertz CT molecular complexity index is 1300. The van der Waals surface area contributed by atoms with Crippen LogP contribution in [0.3, 0.4) is 0 Å². The van der Waals surface area contributed by atoms with Gasteiger partial charge in [0.2, 0.25) is 5.78 Å². The Balaban J connectivity index is 1.41. The van der Waals surface area contributed by atoms with Crippen LogP contribution < -0.4 is 4.74 Å². The average molecular weight is 556 g/mol. The number of alkyl halides is 3. The van der Waals surface area contributed by atoms with Crippen LogP contribution in [0.2, 0.25) is 0 Å². The molecule has 7 nitrogen and oxygen atoms in total. The highest BCUT2D eigenvalue weighted by Gasteiger charge is 2.34. The second-order valence-corrected chi connectivity index (χ2v) is 9.33. The molecule has 1 fully saturated rings. The normalized spacial score (nSPS) is 14.8. The molecule has 1 atom stereocenters. The van der Waals surface area contributed by atoms with Gasteiger partial charge in [-0.25, -0.2) is 4.79 Å². The number of likely N-dealkylation sites (tertiary alicyclic amines) is 1. The predicted octanol–water partition coefficient (Wildman–Crippen LogP) is 6.23. The van der Waals surface area contributed by atoms with E-state index in [1.807, 2.05) is 30.3 Å². The SMILES string of the molecule is COc1ccc(C(OC(=O)C2CCN(C(=O)OCc3ccccc3)CC2)C(=O)c2ccc(C(F)(F)F)cc2)cc1. The van der Waals surface area contributed by atoms with Gasteiger partial charge in [-0.3, -0.25) is 9.59 Å². The molecule has 0 radical (unpaired) electrons. The fourth-order valence-electron chi connectivity index (χ4n) is 4.35. The average Bonchev–Trinajstić information content (AvgIpc) is 2.98. The second-order valence-electron chi connectivity index (χ2n) is 9.33. The summed E-state index contributed by atoms with van der Waals surface area (Å²) in [6.45, 7) is 0.679. The van der Waals surface area contributed by atoms with Crippen LogP contribution in [0.15, 0.2) is 78.9 Å². The summed E-state index contributed by atoms with van der Waals surface area (Å²) in [6.07, 6.45) is -5.79. The minimum atomic E-state index is -4.55. The molecule has 0 N–H and O–H groups in total. The van der Waals surface area contributed by atoms with Gasteiger partial charge in [-0.05, 0) is 42.7 Å². The number of halogens is 3. The lowest BCUT2D eigenvalue weighted by molar-refractivity contribution is -0.154. The molecule has 4 rings (SSSR count). The zero-order valence-corrected chi connectivity index (χ0v) is 21.7. The van der Waals surface area contributed by atoms with Gasteiger partial charge >= 0.3 is 18.2 Å². The molecule has 1 unspecified atom stereocenters. The van der Waals surface area contributed by atoms with E-state index in [1.54, 1.807) is 24.3 Å². The second kappa shape index (κ2) is 12.7. The number of piperidine rings is 1. The first kappa shape index (κ1) is 28.7. The van der Waals surface area contributed by atoms with E-state index in [-0.39, 0.29) is 25.3 Å². The van der Waals surface area contributed by atoms with Crippen LogP contribution in [0, 0.1) is 5.92 Å². The number of rotatable bonds is 8. The van der Waals surface area contributed by atoms with Crippen molar-refractivity contribution in [2.24, 2.45) is 5.92 Å². The number of ether oxygens (including phenoxy) is 3. The number of hydrogen-bond donors (Lipinski definition) is 0. The molecule has 0 saturated carbocycles. The van der Waals surface area contributed by atoms with Crippen LogP contribution in [0.25, 0.3) is 0 Å². The molecule has 1 aliphatic heterocycles. The Labute approximate surface area is 229 Å². The topological polar surface area (TPSA) is 82.1 Å². The number of nitrogens with zero attached hydrogens (tertiary/aromatic N) is 1. The molecule has 3 aromatic rings. The number of hydrogen-bond acceptors (Lipinski definition) is 6. The van der Waals surface area contributed by atoms with E-state index in [1.165, 1.54) is 12.0 Å². The minimum absolute atomic E-state index is 0.0300. The summed E-state index contributed by atoms with van der Waals surface area (Å²) in [4.78, 5) is 40.5. The number of methoxy groups -OCH3 is 1. The number of ketones is 1. The Morgan fingerprint density at radius 1 is 0.900 bits per heavy atom. The molecular weight excluding hydrogens is 527 g/mol. The van der Waals surface area contributed by atoms with Crippen LogP contribution in [0.5, 0.6) is 5.75 Å². The van der Waals surface area contributed by atoms with Crippen LogP contribution >= 0.6 is 0 Å². The molecule has 40 heavy (non-hydrogen) atoms. The summed E-state index contributed by atoms with van der Waals surface area (Å²) in [7, 11) is 1.48. The summed E-state index contributed by atoms with van der Waals surface area (Å²) in [5, 5.41) is 0. The van der Waals surface area contributed by atoms with Crippen molar-refractivity contribution >= 4 is 17.8 Å². The molecule has 210 valence electrons. The minimum Gasteiger partial charge on any atom is -0.497 e. The number of Topliss-reactive ketones (excluding diaryl/α,β-unsaturated/α-hetero) is 1. The fraction of sp³-hybridized carbons (Fsp3) is 0.300. The van der Waals surface area contributed by atoms with Gasteiger partial charge in [-0.15, -0.1) is 0 Å². The summed E-state index contributed by atoms with van der Waals surface area (Å²) in [6, 6.07) is 19.3. The third kappa shape index (κ3) is 7.19. The number of benzene rings is 3. The largest absolute Gasteiger partial charge is 0.497 e. The van der Waals surface area contributed by atoms with E-state index in [9.17, 15) is 27.6 Å². The van der Waals surface area contributed by atoms with Crippen LogP contribution in [0.1, 0.15) is 46.0 Å². The van der Waals surface area contributed by atoms with E-state index in [0.29, 0.717) is 24.2 Å². The van der Waals surface area contributed by atoms with E-state index >= 15 is 0 Å². The Morgan fingerprint density at radius 3 is 2.10 bits per heavy atom. The van der Waals surface area contributed by atoms with Crippen molar-refractivity contribution in [3.8, 4) is 5.75 Å². The van der Waals surface area contributed by atoms with Gasteiger partial charge in [0.1, 0.15) is 12.4 Å². The van der Waals surface area contributed by atoms with Crippen molar-refractivity contribution in [2.45, 2.75) is 31.7 Å². The van der Waals surface area contributed by atoms with Crippen molar-refractivity contribution < 1.29 is 41.8 Å². The van der Waals surface area contributed by atoms with Gasteiger partial charge in [0.25, 0.3) is 0 Å². The third-order valence-corrected chi connectivity index (χ3v) is 6.68.